The molecule has 0 aliphatic carbocycles. The van der Waals surface area contributed by atoms with Crippen LogP contribution in [0.5, 0.6) is 0 Å². The summed E-state index contributed by atoms with van der Waals surface area (Å²) in [5, 5.41) is 9.70. The largest absolute Gasteiger partial charge is 0.388 e. The van der Waals surface area contributed by atoms with E-state index in [0.717, 1.165) is 31.6 Å². The number of methoxy groups -OCH3 is 1. The Balaban J connectivity index is 2.54. The van der Waals surface area contributed by atoms with Crippen LogP contribution in [0.4, 0.5) is 5.69 Å². The molecule has 0 radical (unpaired) electrons. The normalized spacial score (nSPS) is 12.5. The van der Waals surface area contributed by atoms with Gasteiger partial charge in [-0.15, -0.1) is 0 Å². The lowest BCUT2D eigenvalue weighted by molar-refractivity contribution is 0.173. The van der Waals surface area contributed by atoms with E-state index in [4.69, 9.17) is 4.74 Å². The molecule has 1 aromatic rings. The molecular weight excluding hydrogens is 214 g/mol. The number of aliphatic hydroxyl groups is 1. The summed E-state index contributed by atoms with van der Waals surface area (Å²) in [7, 11) is 3.79. The lowest BCUT2D eigenvalue weighted by Crippen LogP contribution is -2.19. The number of aliphatic hydroxyl groups excluding tert-OH is 1. The maximum atomic E-state index is 9.70. The number of nitrogens with zero attached hydrogens (tertiary/aromatic N) is 1. The number of hydrogen-bond donors (Lipinski definition) is 1. The minimum Gasteiger partial charge on any atom is -0.388 e. The van der Waals surface area contributed by atoms with E-state index in [9.17, 15) is 5.11 Å². The number of benzene rings is 1. The molecule has 0 aromatic heterocycles. The zero-order valence-electron chi connectivity index (χ0n) is 11.0. The van der Waals surface area contributed by atoms with E-state index in [-0.39, 0.29) is 6.10 Å². The minimum atomic E-state index is -0.345. The SMILES string of the molecule is CCC(O)c1ccc(N(C)CCCOC)cc1. The molecule has 3 heteroatoms. The van der Waals surface area contributed by atoms with Gasteiger partial charge < -0.3 is 14.7 Å². The summed E-state index contributed by atoms with van der Waals surface area (Å²) in [5.41, 5.74) is 2.16. The number of hydrogen-bond acceptors (Lipinski definition) is 3. The topological polar surface area (TPSA) is 32.7 Å². The van der Waals surface area contributed by atoms with E-state index in [1.165, 1.54) is 5.69 Å². The van der Waals surface area contributed by atoms with Gasteiger partial charge >= 0.3 is 0 Å². The summed E-state index contributed by atoms with van der Waals surface area (Å²) in [4.78, 5) is 2.20. The molecule has 0 amide bonds. The van der Waals surface area contributed by atoms with Crippen molar-refractivity contribution >= 4 is 5.69 Å². The molecule has 0 saturated heterocycles. The number of rotatable bonds is 7. The molecule has 0 aliphatic heterocycles. The second-order valence-corrected chi connectivity index (χ2v) is 4.28. The monoisotopic (exact) mass is 237 g/mol. The molecule has 96 valence electrons. The van der Waals surface area contributed by atoms with Gasteiger partial charge in [0.1, 0.15) is 0 Å². The van der Waals surface area contributed by atoms with Gasteiger partial charge in [0.05, 0.1) is 6.10 Å². The van der Waals surface area contributed by atoms with Crippen LogP contribution >= 0.6 is 0 Å². The Morgan fingerprint density at radius 1 is 1.29 bits per heavy atom. The summed E-state index contributed by atoms with van der Waals surface area (Å²) in [5.74, 6) is 0. The van der Waals surface area contributed by atoms with E-state index in [1.54, 1.807) is 7.11 Å². The highest BCUT2D eigenvalue weighted by molar-refractivity contribution is 5.47. The van der Waals surface area contributed by atoms with Crippen molar-refractivity contribution in [3.05, 3.63) is 29.8 Å². The number of ether oxygens (including phenoxy) is 1. The van der Waals surface area contributed by atoms with Gasteiger partial charge in [0.25, 0.3) is 0 Å². The van der Waals surface area contributed by atoms with Gasteiger partial charge in [0.2, 0.25) is 0 Å². The van der Waals surface area contributed by atoms with Crippen LogP contribution in [0.25, 0.3) is 0 Å². The fourth-order valence-corrected chi connectivity index (χ4v) is 1.76. The zero-order chi connectivity index (χ0) is 12.7. The quantitative estimate of drug-likeness (QED) is 0.740. The number of anilines is 1. The van der Waals surface area contributed by atoms with Crippen molar-refractivity contribution in [1.82, 2.24) is 0 Å². The van der Waals surface area contributed by atoms with Crippen LogP contribution < -0.4 is 4.90 Å². The fraction of sp³-hybridized carbons (Fsp3) is 0.571. The van der Waals surface area contributed by atoms with Gasteiger partial charge in [0, 0.05) is 33.0 Å². The molecule has 0 heterocycles. The highest BCUT2D eigenvalue weighted by atomic mass is 16.5. The maximum absolute atomic E-state index is 9.70. The highest BCUT2D eigenvalue weighted by Gasteiger charge is 2.05. The third-order valence-corrected chi connectivity index (χ3v) is 2.95. The van der Waals surface area contributed by atoms with Crippen LogP contribution in [0.15, 0.2) is 24.3 Å². The van der Waals surface area contributed by atoms with Crippen LogP contribution in [-0.4, -0.2) is 32.4 Å². The second kappa shape index (κ2) is 7.30. The first-order chi connectivity index (χ1) is 8.19. The maximum Gasteiger partial charge on any atom is 0.0787 e. The molecule has 0 fully saturated rings. The minimum absolute atomic E-state index is 0.345. The molecule has 1 aromatic carbocycles. The van der Waals surface area contributed by atoms with Gasteiger partial charge in [-0.25, -0.2) is 0 Å². The van der Waals surface area contributed by atoms with E-state index in [0.29, 0.717) is 0 Å². The first kappa shape index (κ1) is 14.0. The first-order valence-electron chi connectivity index (χ1n) is 6.17. The molecule has 17 heavy (non-hydrogen) atoms. The van der Waals surface area contributed by atoms with Crippen molar-refractivity contribution in [2.24, 2.45) is 0 Å². The summed E-state index contributed by atoms with van der Waals surface area (Å²) in [6, 6.07) is 8.11. The third-order valence-electron chi connectivity index (χ3n) is 2.95. The lowest BCUT2D eigenvalue weighted by Gasteiger charge is -2.20. The Morgan fingerprint density at radius 3 is 2.47 bits per heavy atom. The second-order valence-electron chi connectivity index (χ2n) is 4.28. The van der Waals surface area contributed by atoms with Crippen molar-refractivity contribution in [3.8, 4) is 0 Å². The molecule has 1 rings (SSSR count). The summed E-state index contributed by atoms with van der Waals surface area (Å²) in [6.07, 6.45) is 1.43. The third kappa shape index (κ3) is 4.36. The fourth-order valence-electron chi connectivity index (χ4n) is 1.76. The Hall–Kier alpha value is -1.06. The predicted molar refractivity (Wildman–Crippen MR) is 71.5 cm³/mol. The Kier molecular flexibility index (Phi) is 6.01. The van der Waals surface area contributed by atoms with Gasteiger partial charge in [-0.05, 0) is 30.5 Å². The average molecular weight is 237 g/mol. The smallest absolute Gasteiger partial charge is 0.0787 e. The predicted octanol–water partition coefficient (Wildman–Crippen LogP) is 2.60. The molecule has 0 bridgehead atoms. The molecular formula is C14H23NO2. The van der Waals surface area contributed by atoms with Crippen molar-refractivity contribution in [2.75, 3.05) is 32.2 Å². The van der Waals surface area contributed by atoms with E-state index >= 15 is 0 Å². The first-order valence-corrected chi connectivity index (χ1v) is 6.17. The van der Waals surface area contributed by atoms with Crippen LogP contribution in [0.3, 0.4) is 0 Å². The molecule has 0 saturated carbocycles. The van der Waals surface area contributed by atoms with Crippen LogP contribution in [0.2, 0.25) is 0 Å². The van der Waals surface area contributed by atoms with Crippen molar-refractivity contribution in [2.45, 2.75) is 25.9 Å². The Morgan fingerprint density at radius 2 is 1.94 bits per heavy atom. The van der Waals surface area contributed by atoms with Gasteiger partial charge in [-0.2, -0.15) is 0 Å². The summed E-state index contributed by atoms with van der Waals surface area (Å²) >= 11 is 0. The van der Waals surface area contributed by atoms with Crippen molar-refractivity contribution in [3.63, 3.8) is 0 Å². The molecule has 1 atom stereocenters. The molecule has 0 spiro atoms. The Labute approximate surface area is 104 Å². The van der Waals surface area contributed by atoms with Crippen molar-refractivity contribution in [1.29, 1.82) is 0 Å². The standard InChI is InChI=1S/C14H23NO2/c1-4-14(16)12-6-8-13(9-7-12)15(2)10-5-11-17-3/h6-9,14,16H,4-5,10-11H2,1-3H3. The summed E-state index contributed by atoms with van der Waals surface area (Å²) in [6.45, 7) is 3.75. The highest BCUT2D eigenvalue weighted by Crippen LogP contribution is 2.20. The van der Waals surface area contributed by atoms with Crippen molar-refractivity contribution < 1.29 is 9.84 Å². The molecule has 0 aliphatic rings. The average Bonchev–Trinajstić information content (AvgIpc) is 2.38. The van der Waals surface area contributed by atoms with Crippen LogP contribution in [0, 0.1) is 0 Å². The molecule has 1 N–H and O–H groups in total. The molecule has 1 unspecified atom stereocenters. The van der Waals surface area contributed by atoms with Crippen LogP contribution in [0.1, 0.15) is 31.4 Å². The lowest BCUT2D eigenvalue weighted by atomic mass is 10.1. The van der Waals surface area contributed by atoms with E-state index in [1.807, 2.05) is 19.1 Å². The summed E-state index contributed by atoms with van der Waals surface area (Å²) < 4.78 is 5.03. The van der Waals surface area contributed by atoms with E-state index in [2.05, 4.69) is 24.1 Å². The van der Waals surface area contributed by atoms with E-state index < -0.39 is 0 Å². The van der Waals surface area contributed by atoms with Gasteiger partial charge in [-0.3, -0.25) is 0 Å². The van der Waals surface area contributed by atoms with Crippen LogP contribution in [-0.2, 0) is 4.74 Å². The zero-order valence-corrected chi connectivity index (χ0v) is 11.0. The molecule has 3 nitrogen and oxygen atoms in total. The Bertz CT molecular complexity index is 311. The van der Waals surface area contributed by atoms with Gasteiger partial charge in [0.15, 0.2) is 0 Å². The van der Waals surface area contributed by atoms with Gasteiger partial charge in [-0.1, -0.05) is 19.1 Å².